The molecule has 19 heavy (non-hydrogen) atoms. The summed E-state index contributed by atoms with van der Waals surface area (Å²) in [5.74, 6) is -0.155. The second-order valence-electron chi connectivity index (χ2n) is 5.65. The van der Waals surface area contributed by atoms with Crippen LogP contribution in [0.4, 0.5) is 0 Å². The van der Waals surface area contributed by atoms with Gasteiger partial charge in [0, 0.05) is 6.54 Å². The van der Waals surface area contributed by atoms with Crippen LogP contribution < -0.4 is 0 Å². The molecule has 1 aliphatic rings. The molecule has 0 radical (unpaired) electrons. The average Bonchev–Trinajstić information content (AvgIpc) is 2.41. The summed E-state index contributed by atoms with van der Waals surface area (Å²) < 4.78 is 5.53. The van der Waals surface area contributed by atoms with Crippen molar-refractivity contribution in [2.45, 2.75) is 38.5 Å². The molecule has 1 saturated heterocycles. The van der Waals surface area contributed by atoms with Crippen LogP contribution in [0.3, 0.4) is 0 Å². The number of aldehydes is 1. The minimum Gasteiger partial charge on any atom is -0.363 e. The molecule has 2 rings (SSSR count). The Morgan fingerprint density at radius 2 is 1.89 bits per heavy atom. The summed E-state index contributed by atoms with van der Waals surface area (Å²) in [7, 11) is 0. The summed E-state index contributed by atoms with van der Waals surface area (Å²) >= 11 is 0. The van der Waals surface area contributed by atoms with Crippen LogP contribution in [0, 0.1) is 0 Å². The fraction of sp³-hybridized carbons (Fsp3) is 0.467. The molecule has 0 N–H and O–H groups in total. The van der Waals surface area contributed by atoms with E-state index in [1.807, 2.05) is 30.3 Å². The van der Waals surface area contributed by atoms with E-state index in [4.69, 9.17) is 4.74 Å². The topological polar surface area (TPSA) is 46.6 Å². The molecule has 4 heteroatoms. The number of amides is 1. The highest BCUT2D eigenvalue weighted by atomic mass is 16.5. The van der Waals surface area contributed by atoms with Gasteiger partial charge in [0.25, 0.3) is 5.91 Å². The molecule has 0 aromatic heterocycles. The number of nitrogens with zero attached hydrogens (tertiary/aromatic N) is 1. The lowest BCUT2D eigenvalue weighted by molar-refractivity contribution is -0.186. The number of benzene rings is 1. The zero-order chi connectivity index (χ0) is 14.1. The second kappa shape index (κ2) is 4.78. The standard InChI is InChI=1S/C15H19NO3/c1-14(2)13(18)16(15(3,10-17)11-19-14)9-12-7-5-4-6-8-12/h4-8,10H,9,11H2,1-3H3. The van der Waals surface area contributed by atoms with Crippen LogP contribution in [0.2, 0.25) is 0 Å². The van der Waals surface area contributed by atoms with Crippen molar-refractivity contribution in [2.75, 3.05) is 6.61 Å². The molecule has 102 valence electrons. The number of morpholine rings is 1. The van der Waals surface area contributed by atoms with Gasteiger partial charge in [-0.1, -0.05) is 30.3 Å². The first kappa shape index (κ1) is 13.7. The van der Waals surface area contributed by atoms with Crippen LogP contribution in [-0.4, -0.2) is 34.8 Å². The van der Waals surface area contributed by atoms with E-state index in [1.165, 1.54) is 0 Å². The zero-order valence-corrected chi connectivity index (χ0v) is 11.6. The molecule has 1 heterocycles. The van der Waals surface area contributed by atoms with Crippen molar-refractivity contribution >= 4 is 12.2 Å². The van der Waals surface area contributed by atoms with E-state index in [-0.39, 0.29) is 12.5 Å². The molecule has 1 unspecified atom stereocenters. The molecule has 1 aromatic carbocycles. The van der Waals surface area contributed by atoms with E-state index < -0.39 is 11.1 Å². The Morgan fingerprint density at radius 3 is 2.47 bits per heavy atom. The molecule has 1 aliphatic heterocycles. The first-order valence-corrected chi connectivity index (χ1v) is 6.35. The SMILES string of the molecule is CC1(C)OCC(C)(C=O)N(Cc2ccccc2)C1=O. The maximum atomic E-state index is 12.5. The van der Waals surface area contributed by atoms with Gasteiger partial charge in [0.15, 0.2) is 0 Å². The van der Waals surface area contributed by atoms with Crippen LogP contribution in [0.5, 0.6) is 0 Å². The number of hydrogen-bond acceptors (Lipinski definition) is 3. The van der Waals surface area contributed by atoms with Gasteiger partial charge < -0.3 is 14.4 Å². The van der Waals surface area contributed by atoms with Crippen molar-refractivity contribution in [3.8, 4) is 0 Å². The highest BCUT2D eigenvalue weighted by molar-refractivity contribution is 5.89. The summed E-state index contributed by atoms with van der Waals surface area (Å²) in [5.41, 5.74) is -0.777. The van der Waals surface area contributed by atoms with Crippen LogP contribution in [-0.2, 0) is 20.9 Å². The number of carbonyl (C=O) groups is 2. The number of ether oxygens (including phenoxy) is 1. The molecule has 1 atom stereocenters. The molecule has 1 fully saturated rings. The maximum Gasteiger partial charge on any atom is 0.255 e. The van der Waals surface area contributed by atoms with Crippen molar-refractivity contribution in [3.05, 3.63) is 35.9 Å². The molecular formula is C15H19NO3. The zero-order valence-electron chi connectivity index (χ0n) is 11.6. The van der Waals surface area contributed by atoms with Crippen LogP contribution in [0.1, 0.15) is 26.3 Å². The van der Waals surface area contributed by atoms with Crippen molar-refractivity contribution in [1.29, 1.82) is 0 Å². The van der Waals surface area contributed by atoms with E-state index in [9.17, 15) is 9.59 Å². The van der Waals surface area contributed by atoms with Gasteiger partial charge >= 0.3 is 0 Å². The monoisotopic (exact) mass is 261 g/mol. The molecule has 1 aromatic rings. The third kappa shape index (κ3) is 2.54. The lowest BCUT2D eigenvalue weighted by atomic mass is 9.94. The summed E-state index contributed by atoms with van der Waals surface area (Å²) in [6.07, 6.45) is 0.795. The lowest BCUT2D eigenvalue weighted by Gasteiger charge is -2.46. The maximum absolute atomic E-state index is 12.5. The van der Waals surface area contributed by atoms with Gasteiger partial charge in [0.05, 0.1) is 6.61 Å². The summed E-state index contributed by atoms with van der Waals surface area (Å²) in [6, 6.07) is 9.66. The van der Waals surface area contributed by atoms with E-state index >= 15 is 0 Å². The molecule has 1 amide bonds. The number of rotatable bonds is 3. The smallest absolute Gasteiger partial charge is 0.255 e. The second-order valence-corrected chi connectivity index (χ2v) is 5.65. The summed E-state index contributed by atoms with van der Waals surface area (Å²) in [6.45, 7) is 5.84. The van der Waals surface area contributed by atoms with Gasteiger partial charge in [0.2, 0.25) is 0 Å². The Balaban J connectivity index is 2.31. The quantitative estimate of drug-likeness (QED) is 0.779. The third-order valence-corrected chi connectivity index (χ3v) is 3.54. The van der Waals surface area contributed by atoms with Crippen LogP contribution in [0.15, 0.2) is 30.3 Å². The van der Waals surface area contributed by atoms with Crippen molar-refractivity contribution < 1.29 is 14.3 Å². The normalized spacial score (nSPS) is 26.3. The van der Waals surface area contributed by atoms with E-state index in [0.717, 1.165) is 11.8 Å². The minimum absolute atomic E-state index is 0.155. The third-order valence-electron chi connectivity index (χ3n) is 3.54. The molecule has 0 aliphatic carbocycles. The Labute approximate surface area is 113 Å². The molecule has 0 spiro atoms. The van der Waals surface area contributed by atoms with Gasteiger partial charge in [-0.2, -0.15) is 0 Å². The van der Waals surface area contributed by atoms with Crippen molar-refractivity contribution in [2.24, 2.45) is 0 Å². The molecule has 4 nitrogen and oxygen atoms in total. The minimum atomic E-state index is -0.900. The van der Waals surface area contributed by atoms with Gasteiger partial charge in [-0.3, -0.25) is 4.79 Å². The van der Waals surface area contributed by atoms with Crippen molar-refractivity contribution in [1.82, 2.24) is 4.90 Å². The average molecular weight is 261 g/mol. The Morgan fingerprint density at radius 1 is 1.26 bits per heavy atom. The van der Waals surface area contributed by atoms with E-state index in [2.05, 4.69) is 0 Å². The van der Waals surface area contributed by atoms with Crippen LogP contribution >= 0.6 is 0 Å². The number of carbonyl (C=O) groups excluding carboxylic acids is 2. The predicted octanol–water partition coefficient (Wildman–Crippen LogP) is 1.78. The van der Waals surface area contributed by atoms with Gasteiger partial charge in [-0.15, -0.1) is 0 Å². The first-order chi connectivity index (χ1) is 8.89. The lowest BCUT2D eigenvalue weighted by Crippen LogP contribution is -2.64. The van der Waals surface area contributed by atoms with E-state index in [0.29, 0.717) is 6.54 Å². The van der Waals surface area contributed by atoms with E-state index in [1.54, 1.807) is 25.7 Å². The highest BCUT2D eigenvalue weighted by Crippen LogP contribution is 2.29. The molecule has 0 bridgehead atoms. The largest absolute Gasteiger partial charge is 0.363 e. The fourth-order valence-corrected chi connectivity index (χ4v) is 2.14. The number of hydrogen-bond donors (Lipinski definition) is 0. The van der Waals surface area contributed by atoms with Crippen LogP contribution in [0.25, 0.3) is 0 Å². The predicted molar refractivity (Wildman–Crippen MR) is 71.5 cm³/mol. The highest BCUT2D eigenvalue weighted by Gasteiger charge is 2.48. The Hall–Kier alpha value is -1.68. The Kier molecular flexibility index (Phi) is 3.45. The molecule has 0 saturated carbocycles. The van der Waals surface area contributed by atoms with Crippen molar-refractivity contribution in [3.63, 3.8) is 0 Å². The Bertz CT molecular complexity index is 483. The summed E-state index contributed by atoms with van der Waals surface area (Å²) in [4.78, 5) is 25.4. The first-order valence-electron chi connectivity index (χ1n) is 6.35. The summed E-state index contributed by atoms with van der Waals surface area (Å²) in [5, 5.41) is 0. The molecular weight excluding hydrogens is 242 g/mol. The van der Waals surface area contributed by atoms with Gasteiger partial charge in [0.1, 0.15) is 17.4 Å². The fourth-order valence-electron chi connectivity index (χ4n) is 2.14. The van der Waals surface area contributed by atoms with Gasteiger partial charge in [-0.25, -0.2) is 0 Å². The van der Waals surface area contributed by atoms with Gasteiger partial charge in [-0.05, 0) is 26.3 Å².